The molecule has 2 nitrogen and oxygen atoms in total. The van der Waals surface area contributed by atoms with E-state index in [1.807, 2.05) is 0 Å². The first-order valence-electron chi connectivity index (χ1n) is 7.70. The van der Waals surface area contributed by atoms with Gasteiger partial charge in [-0.05, 0) is 31.8 Å². The summed E-state index contributed by atoms with van der Waals surface area (Å²) in [6, 6.07) is 0. The zero-order valence-electron chi connectivity index (χ0n) is 11.7. The Morgan fingerprint density at radius 3 is 2.29 bits per heavy atom. The molecular formula is C15H31NO. The maximum absolute atomic E-state index is 8.89. The summed E-state index contributed by atoms with van der Waals surface area (Å²) in [5.74, 6) is 0.969. The Hall–Kier alpha value is -0.0800. The van der Waals surface area contributed by atoms with Gasteiger partial charge in [0.1, 0.15) is 0 Å². The zero-order chi connectivity index (χ0) is 12.3. The van der Waals surface area contributed by atoms with Gasteiger partial charge in [-0.15, -0.1) is 0 Å². The molecule has 0 aromatic heterocycles. The quantitative estimate of drug-likeness (QED) is 0.625. The molecule has 0 saturated carbocycles. The van der Waals surface area contributed by atoms with E-state index in [0.29, 0.717) is 6.61 Å². The smallest absolute Gasteiger partial charge is 0.0558 e. The van der Waals surface area contributed by atoms with Crippen LogP contribution < -0.4 is 0 Å². The number of likely N-dealkylation sites (tertiary alicyclic amines) is 1. The number of hydrogen-bond donors (Lipinski definition) is 1. The van der Waals surface area contributed by atoms with Crippen LogP contribution in [0.25, 0.3) is 0 Å². The van der Waals surface area contributed by atoms with Gasteiger partial charge in [0.15, 0.2) is 0 Å². The Morgan fingerprint density at radius 2 is 1.65 bits per heavy atom. The fraction of sp³-hybridized carbons (Fsp3) is 1.00. The van der Waals surface area contributed by atoms with Crippen LogP contribution in [0, 0.1) is 5.92 Å². The van der Waals surface area contributed by atoms with Gasteiger partial charge in [0.2, 0.25) is 0 Å². The van der Waals surface area contributed by atoms with Crippen molar-refractivity contribution in [3.63, 3.8) is 0 Å². The number of nitrogens with zero attached hydrogens (tertiary/aromatic N) is 1. The van der Waals surface area contributed by atoms with Crippen molar-refractivity contribution in [3.05, 3.63) is 0 Å². The number of aliphatic hydroxyl groups is 1. The van der Waals surface area contributed by atoms with Crippen LogP contribution in [0.3, 0.4) is 0 Å². The van der Waals surface area contributed by atoms with Gasteiger partial charge in [0.05, 0.1) is 6.61 Å². The lowest BCUT2D eigenvalue weighted by molar-refractivity contribution is 0.143. The van der Waals surface area contributed by atoms with Crippen molar-refractivity contribution in [2.75, 3.05) is 26.2 Å². The van der Waals surface area contributed by atoms with E-state index in [1.165, 1.54) is 70.9 Å². The molecule has 1 fully saturated rings. The molecule has 1 saturated heterocycles. The molecule has 0 aliphatic carbocycles. The number of aliphatic hydroxyl groups excluding tert-OH is 1. The molecule has 1 aliphatic heterocycles. The third-order valence-corrected chi connectivity index (χ3v) is 4.09. The molecule has 1 aliphatic rings. The number of hydrogen-bond acceptors (Lipinski definition) is 2. The second-order valence-corrected chi connectivity index (χ2v) is 5.57. The highest BCUT2D eigenvalue weighted by atomic mass is 16.3. The maximum atomic E-state index is 8.89. The highest BCUT2D eigenvalue weighted by molar-refractivity contribution is 4.72. The lowest BCUT2D eigenvalue weighted by Gasteiger charge is -2.31. The minimum atomic E-state index is 0.322. The van der Waals surface area contributed by atoms with E-state index in [9.17, 15) is 0 Å². The van der Waals surface area contributed by atoms with Gasteiger partial charge in [-0.3, -0.25) is 0 Å². The molecule has 0 spiro atoms. The van der Waals surface area contributed by atoms with Crippen molar-refractivity contribution in [2.45, 2.75) is 64.7 Å². The predicted octanol–water partition coefficient (Wildman–Crippen LogP) is 3.44. The van der Waals surface area contributed by atoms with E-state index in [1.54, 1.807) is 0 Å². The molecule has 0 amide bonds. The van der Waals surface area contributed by atoms with Crippen LogP contribution in [-0.4, -0.2) is 36.2 Å². The summed E-state index contributed by atoms with van der Waals surface area (Å²) in [5.41, 5.74) is 0. The van der Waals surface area contributed by atoms with E-state index in [-0.39, 0.29) is 0 Å². The van der Waals surface area contributed by atoms with Gasteiger partial charge in [0, 0.05) is 6.54 Å². The Morgan fingerprint density at radius 1 is 1.00 bits per heavy atom. The molecule has 102 valence electrons. The van der Waals surface area contributed by atoms with Gasteiger partial charge in [-0.1, -0.05) is 51.9 Å². The molecule has 17 heavy (non-hydrogen) atoms. The van der Waals surface area contributed by atoms with Crippen molar-refractivity contribution in [3.8, 4) is 0 Å². The summed E-state index contributed by atoms with van der Waals surface area (Å²) in [6.07, 6.45) is 12.7. The summed E-state index contributed by atoms with van der Waals surface area (Å²) < 4.78 is 0. The SMILES string of the molecule is CCCCCCCCC1CCN(CCO)CC1. The van der Waals surface area contributed by atoms with Crippen LogP contribution in [0.15, 0.2) is 0 Å². The van der Waals surface area contributed by atoms with Gasteiger partial charge in [0.25, 0.3) is 0 Å². The van der Waals surface area contributed by atoms with Gasteiger partial charge in [-0.2, -0.15) is 0 Å². The fourth-order valence-electron chi connectivity index (χ4n) is 2.85. The van der Waals surface area contributed by atoms with Crippen molar-refractivity contribution in [2.24, 2.45) is 5.92 Å². The minimum Gasteiger partial charge on any atom is -0.395 e. The van der Waals surface area contributed by atoms with E-state index < -0.39 is 0 Å². The Bertz CT molecular complexity index is 164. The highest BCUT2D eigenvalue weighted by Crippen LogP contribution is 2.23. The molecule has 0 aromatic carbocycles. The lowest BCUT2D eigenvalue weighted by Crippen LogP contribution is -2.35. The first-order valence-corrected chi connectivity index (χ1v) is 7.70. The minimum absolute atomic E-state index is 0.322. The summed E-state index contributed by atoms with van der Waals surface area (Å²) in [5, 5.41) is 8.89. The Labute approximate surface area is 107 Å². The Kier molecular flexibility index (Phi) is 8.72. The van der Waals surface area contributed by atoms with Crippen molar-refractivity contribution >= 4 is 0 Å². The number of rotatable bonds is 9. The van der Waals surface area contributed by atoms with E-state index in [0.717, 1.165) is 12.5 Å². The molecule has 1 rings (SSSR count). The van der Waals surface area contributed by atoms with Crippen molar-refractivity contribution < 1.29 is 5.11 Å². The van der Waals surface area contributed by atoms with Crippen LogP contribution >= 0.6 is 0 Å². The van der Waals surface area contributed by atoms with Crippen LogP contribution in [0.5, 0.6) is 0 Å². The summed E-state index contributed by atoms with van der Waals surface area (Å²) in [6.45, 7) is 5.90. The molecule has 1 N–H and O–H groups in total. The monoisotopic (exact) mass is 241 g/mol. The van der Waals surface area contributed by atoms with E-state index in [4.69, 9.17) is 5.11 Å². The van der Waals surface area contributed by atoms with Crippen molar-refractivity contribution in [1.29, 1.82) is 0 Å². The van der Waals surface area contributed by atoms with E-state index in [2.05, 4.69) is 11.8 Å². The lowest BCUT2D eigenvalue weighted by atomic mass is 9.91. The fourth-order valence-corrected chi connectivity index (χ4v) is 2.85. The molecule has 2 heteroatoms. The number of unbranched alkanes of at least 4 members (excludes halogenated alkanes) is 5. The molecule has 0 bridgehead atoms. The first kappa shape index (κ1) is 15.0. The number of piperidine rings is 1. The van der Waals surface area contributed by atoms with Crippen LogP contribution in [0.2, 0.25) is 0 Å². The molecular weight excluding hydrogens is 210 g/mol. The molecule has 0 unspecified atom stereocenters. The third-order valence-electron chi connectivity index (χ3n) is 4.09. The highest BCUT2D eigenvalue weighted by Gasteiger charge is 2.17. The summed E-state index contributed by atoms with van der Waals surface area (Å²) >= 11 is 0. The van der Waals surface area contributed by atoms with Crippen molar-refractivity contribution in [1.82, 2.24) is 4.90 Å². The van der Waals surface area contributed by atoms with Gasteiger partial charge in [-0.25, -0.2) is 0 Å². The standard InChI is InChI=1S/C15H31NO/c1-2-3-4-5-6-7-8-15-9-11-16(12-10-15)13-14-17/h15,17H,2-14H2,1H3. The normalized spacial score (nSPS) is 18.7. The van der Waals surface area contributed by atoms with Gasteiger partial charge < -0.3 is 10.0 Å². The average Bonchev–Trinajstić information content (AvgIpc) is 2.36. The zero-order valence-corrected chi connectivity index (χ0v) is 11.7. The molecule has 1 heterocycles. The molecule has 0 atom stereocenters. The Balaban J connectivity index is 1.91. The first-order chi connectivity index (χ1) is 8.36. The number of β-amino-alcohol motifs (C(OH)–C–C–N with tert-alkyl or cyclic N) is 1. The summed E-state index contributed by atoms with van der Waals surface area (Å²) in [4.78, 5) is 2.40. The second kappa shape index (κ2) is 9.90. The average molecular weight is 241 g/mol. The van der Waals surface area contributed by atoms with Crippen LogP contribution in [0.1, 0.15) is 64.7 Å². The third kappa shape index (κ3) is 7.05. The topological polar surface area (TPSA) is 23.5 Å². The summed E-state index contributed by atoms with van der Waals surface area (Å²) in [7, 11) is 0. The molecule has 0 radical (unpaired) electrons. The molecule has 0 aromatic rings. The van der Waals surface area contributed by atoms with Gasteiger partial charge >= 0.3 is 0 Å². The van der Waals surface area contributed by atoms with Crippen LogP contribution in [-0.2, 0) is 0 Å². The second-order valence-electron chi connectivity index (χ2n) is 5.57. The maximum Gasteiger partial charge on any atom is 0.0558 e. The van der Waals surface area contributed by atoms with E-state index >= 15 is 0 Å². The largest absolute Gasteiger partial charge is 0.395 e. The predicted molar refractivity (Wildman–Crippen MR) is 74.2 cm³/mol. The van der Waals surface area contributed by atoms with Crippen LogP contribution in [0.4, 0.5) is 0 Å².